The first kappa shape index (κ1) is 82.4. The second kappa shape index (κ2) is 33.2. The molecule has 0 bridgehead atoms. The third-order valence-corrected chi connectivity index (χ3v) is 29.7. The molecular weight excluding hydrogens is 1750 g/mol. The molecule has 9 heteroatoms. The molecule has 0 spiro atoms. The van der Waals surface area contributed by atoms with E-state index in [2.05, 4.69) is 487 Å². The van der Waals surface area contributed by atoms with Crippen LogP contribution in [0.2, 0.25) is 0 Å². The fourth-order valence-corrected chi connectivity index (χ4v) is 23.1. The van der Waals surface area contributed by atoms with Gasteiger partial charge in [0.15, 0.2) is 5.69 Å². The third kappa shape index (κ3) is 13.2. The highest BCUT2D eigenvalue weighted by Crippen LogP contribution is 2.47. The maximum Gasteiger partial charge on any atom is 0.187 e. The Labute approximate surface area is 826 Å². The molecule has 0 atom stereocenters. The minimum atomic E-state index is 0.660. The zero-order valence-electron chi connectivity index (χ0n) is 77.8. The number of nitrogens with zero attached hydrogens (tertiary/aromatic N) is 9. The van der Waals surface area contributed by atoms with Gasteiger partial charge < -0.3 is 27.4 Å². The Bertz CT molecular complexity index is 10800. The molecule has 6 heterocycles. The summed E-state index contributed by atoms with van der Waals surface area (Å²) in [5.74, 6) is 0. The van der Waals surface area contributed by atoms with Crippen molar-refractivity contribution in [2.45, 2.75) is 0 Å². The van der Waals surface area contributed by atoms with Crippen LogP contribution in [0.5, 0.6) is 0 Å². The van der Waals surface area contributed by atoms with Gasteiger partial charge in [0.2, 0.25) is 0 Å². The average Bonchev–Trinajstić information content (AvgIpc) is 1.54. The van der Waals surface area contributed by atoms with Gasteiger partial charge in [-0.3, -0.25) is 0 Å². The number of aromatic nitrogens is 6. The molecule has 30 aromatic rings. The molecule has 0 N–H and O–H groups in total. The third-order valence-electron chi connectivity index (χ3n) is 29.7. The summed E-state index contributed by atoms with van der Waals surface area (Å²) in [5.41, 5.74) is 30.3. The zero-order chi connectivity index (χ0) is 95.3. The lowest BCUT2D eigenvalue weighted by Gasteiger charge is -2.14. The van der Waals surface area contributed by atoms with Gasteiger partial charge in [-0.05, 0) is 299 Å². The fourth-order valence-electron chi connectivity index (χ4n) is 23.1. The van der Waals surface area contributed by atoms with Crippen molar-refractivity contribution >= 4 is 201 Å². The molecule has 0 saturated heterocycles. The van der Waals surface area contributed by atoms with Gasteiger partial charge in [0.05, 0.1) is 102 Å². The van der Waals surface area contributed by atoms with Crippen molar-refractivity contribution in [1.29, 1.82) is 10.5 Å². The number of nitriles is 2. The first-order valence-corrected chi connectivity index (χ1v) is 48.7. The molecule has 30 rings (SSSR count). The van der Waals surface area contributed by atoms with Crippen LogP contribution in [-0.2, 0) is 0 Å². The first-order valence-electron chi connectivity index (χ1n) is 48.7. The molecule has 24 aromatic carbocycles. The van der Waals surface area contributed by atoms with Gasteiger partial charge in [-0.25, -0.2) is 4.85 Å². The van der Waals surface area contributed by atoms with E-state index < -0.39 is 0 Å². The van der Waals surface area contributed by atoms with Gasteiger partial charge in [-0.2, -0.15) is 10.5 Å². The molecule has 6 aromatic heterocycles. The minimum absolute atomic E-state index is 0.660. The van der Waals surface area contributed by atoms with Crippen molar-refractivity contribution in [3.05, 3.63) is 514 Å². The second-order valence-corrected chi connectivity index (χ2v) is 37.5. The standard InChI is InChI=1S/3C45H27N3/c1-46-33-21-17-29-15-16-30-18-22-35(28-39(30)38(29)27-33)48-43-14-8-6-12-37(43)41-26-32(20-24-45(41)48)31-19-23-44-40(25-31)36-11-5-7-13-42(36)47(44)34-9-3-2-4-10-34;46-28-29-14-15-30-16-17-33-25-35(20-21-36(33)39(30)24-29)48-43-13-7-5-11-38(43)41-27-32(19-23-45(41)48)31-18-22-44-40(26-31)37-10-4-6-12-42(37)47(44)34-8-2-1-3-9-34;46-28-29-18-19-32-27-45(35-13-5-4-12-34(35)38(32)24-29)48-42-17-9-7-15-37(42)40-26-31(21-23-44(40)48)30-20-22-43-39(25-30)36-14-6-8-16-41(36)47(43)33-10-2-1-3-11-33/h2-28H;2*1-27H. The smallest absolute Gasteiger partial charge is 0.187 e. The number of rotatable bonds is 9. The lowest BCUT2D eigenvalue weighted by Crippen LogP contribution is -1.96. The number of para-hydroxylation sites is 9. The van der Waals surface area contributed by atoms with E-state index in [-0.39, 0.29) is 0 Å². The normalized spacial score (nSPS) is 11.7. The van der Waals surface area contributed by atoms with E-state index in [0.717, 1.165) is 82.0 Å². The van der Waals surface area contributed by atoms with E-state index in [0.29, 0.717) is 16.8 Å². The monoisotopic (exact) mass is 1830 g/mol. The van der Waals surface area contributed by atoms with Gasteiger partial charge >= 0.3 is 0 Å². The molecular formula is C135H81N9. The van der Waals surface area contributed by atoms with Gasteiger partial charge in [0.25, 0.3) is 0 Å². The van der Waals surface area contributed by atoms with Gasteiger partial charge in [-0.1, -0.05) is 285 Å². The van der Waals surface area contributed by atoms with Crippen molar-refractivity contribution in [1.82, 2.24) is 27.4 Å². The zero-order valence-corrected chi connectivity index (χ0v) is 77.8. The lowest BCUT2D eigenvalue weighted by molar-refractivity contribution is 1.18. The van der Waals surface area contributed by atoms with Crippen LogP contribution < -0.4 is 0 Å². The van der Waals surface area contributed by atoms with Crippen molar-refractivity contribution in [3.8, 4) is 79.6 Å². The second-order valence-electron chi connectivity index (χ2n) is 37.5. The van der Waals surface area contributed by atoms with Crippen molar-refractivity contribution in [2.75, 3.05) is 0 Å². The highest BCUT2D eigenvalue weighted by Gasteiger charge is 2.24. The van der Waals surface area contributed by atoms with E-state index in [1.807, 2.05) is 48.5 Å². The Balaban J connectivity index is 0.000000105. The van der Waals surface area contributed by atoms with Gasteiger partial charge in [0, 0.05) is 98.5 Å². The Kier molecular flexibility index (Phi) is 19.0. The van der Waals surface area contributed by atoms with E-state index in [9.17, 15) is 10.5 Å². The van der Waals surface area contributed by atoms with E-state index in [4.69, 9.17) is 6.57 Å². The Morgan fingerprint density at radius 3 is 0.792 bits per heavy atom. The molecule has 0 saturated carbocycles. The van der Waals surface area contributed by atoms with Crippen LogP contribution in [0.15, 0.2) is 491 Å². The van der Waals surface area contributed by atoms with E-state index in [1.165, 1.54) is 181 Å². The molecule has 0 unspecified atom stereocenters. The van der Waals surface area contributed by atoms with E-state index in [1.54, 1.807) is 0 Å². The van der Waals surface area contributed by atoms with Crippen molar-refractivity contribution < 1.29 is 0 Å². The lowest BCUT2D eigenvalue weighted by atomic mass is 9.98. The van der Waals surface area contributed by atoms with Crippen LogP contribution in [0.1, 0.15) is 11.1 Å². The van der Waals surface area contributed by atoms with Gasteiger partial charge in [-0.15, -0.1) is 0 Å². The summed E-state index contributed by atoms with van der Waals surface area (Å²) in [4.78, 5) is 3.71. The largest absolute Gasteiger partial charge is 0.309 e. The highest BCUT2D eigenvalue weighted by atomic mass is 15.0. The molecule has 0 amide bonds. The molecule has 0 aliphatic carbocycles. The summed E-state index contributed by atoms with van der Waals surface area (Å²) in [6.45, 7) is 7.57. The summed E-state index contributed by atoms with van der Waals surface area (Å²) < 4.78 is 14.2. The number of benzene rings is 24. The topological polar surface area (TPSA) is 81.5 Å². The molecule has 666 valence electrons. The van der Waals surface area contributed by atoms with Crippen LogP contribution in [0, 0.1) is 29.2 Å². The summed E-state index contributed by atoms with van der Waals surface area (Å²) in [7, 11) is 0. The van der Waals surface area contributed by atoms with Crippen LogP contribution in [-0.4, -0.2) is 27.4 Å². The molecule has 9 nitrogen and oxygen atoms in total. The predicted molar refractivity (Wildman–Crippen MR) is 602 cm³/mol. The Morgan fingerprint density at radius 1 is 0.160 bits per heavy atom. The summed E-state index contributed by atoms with van der Waals surface area (Å²) in [6.07, 6.45) is 0. The highest BCUT2D eigenvalue weighted by molar-refractivity contribution is 6.21. The molecule has 0 aliphatic heterocycles. The summed E-state index contributed by atoms with van der Waals surface area (Å²) in [6, 6.07) is 181. The molecule has 0 fully saturated rings. The van der Waals surface area contributed by atoms with Crippen LogP contribution >= 0.6 is 0 Å². The van der Waals surface area contributed by atoms with Crippen LogP contribution in [0.25, 0.3) is 268 Å². The summed E-state index contributed by atoms with van der Waals surface area (Å²) >= 11 is 0. The number of fused-ring (bicyclic) bond motifs is 27. The van der Waals surface area contributed by atoms with Crippen molar-refractivity contribution in [3.63, 3.8) is 0 Å². The maximum absolute atomic E-state index is 9.61. The predicted octanol–water partition coefficient (Wildman–Crippen LogP) is 35.9. The van der Waals surface area contributed by atoms with E-state index >= 15 is 0 Å². The molecule has 0 aliphatic rings. The molecule has 0 radical (unpaired) electrons. The first-order chi connectivity index (χ1) is 71.3. The maximum atomic E-state index is 9.61. The SMILES string of the molecule is N#Cc1ccc2cc(-n3c4ccccc4c4cc(-c5ccc6c(c5)c5ccccc5n6-c5ccccc5)ccc43)c3ccccc3c2c1.N#Cc1ccc2ccc3cc(-n4c5ccccc5c5cc(-c6ccc7c(c6)c6ccccc6n7-c6ccccc6)ccc54)ccc3c2c1.[C-]#[N+]c1ccc2ccc3ccc(-n4c5ccccc5c5cc(-c6ccc7c(c6)c6ccccc6n7-c6ccccc6)ccc54)cc3c2c1. The number of hydrogen-bond acceptors (Lipinski definition) is 2. The van der Waals surface area contributed by atoms with Crippen molar-refractivity contribution in [2.24, 2.45) is 0 Å². The minimum Gasteiger partial charge on any atom is -0.309 e. The Morgan fingerprint density at radius 2 is 0.417 bits per heavy atom. The average molecular weight is 1830 g/mol. The van der Waals surface area contributed by atoms with Crippen LogP contribution in [0.4, 0.5) is 5.69 Å². The Hall–Kier alpha value is -19.9. The number of hydrogen-bond donors (Lipinski definition) is 0. The quantitative estimate of drug-likeness (QED) is 0.107. The molecule has 144 heavy (non-hydrogen) atoms. The summed E-state index contributed by atoms with van der Waals surface area (Å²) in [5, 5.41) is 47.6. The van der Waals surface area contributed by atoms with Crippen LogP contribution in [0.3, 0.4) is 0 Å². The van der Waals surface area contributed by atoms with Gasteiger partial charge in [0.1, 0.15) is 0 Å². The fraction of sp³-hybridized carbons (Fsp3) is 0.